The Balaban J connectivity index is 1.77. The lowest BCUT2D eigenvalue weighted by Crippen LogP contribution is -2.21. The van der Waals surface area contributed by atoms with Crippen LogP contribution >= 0.6 is 0 Å². The quantitative estimate of drug-likeness (QED) is 0.599. The molecule has 2 aromatic rings. The van der Waals surface area contributed by atoms with Crippen LogP contribution in [0.3, 0.4) is 0 Å². The Labute approximate surface area is 146 Å². The molecule has 0 spiro atoms. The third-order valence-corrected chi connectivity index (χ3v) is 3.96. The van der Waals surface area contributed by atoms with Crippen LogP contribution in [0, 0.1) is 10.1 Å². The predicted octanol–water partition coefficient (Wildman–Crippen LogP) is 3.25. The number of nitrogens with zero attached hydrogens (tertiary/aromatic N) is 3. The van der Waals surface area contributed by atoms with Crippen LogP contribution in [0.1, 0.15) is 36.6 Å². The summed E-state index contributed by atoms with van der Waals surface area (Å²) in [6, 6.07) is 5.09. The zero-order chi connectivity index (χ0) is 18.8. The highest BCUT2D eigenvalue weighted by Gasteiger charge is 2.29. The number of non-ortho nitro benzene ring substituents is 1. The van der Waals surface area contributed by atoms with Crippen LogP contribution in [-0.4, -0.2) is 27.7 Å². The van der Waals surface area contributed by atoms with E-state index in [1.165, 1.54) is 25.3 Å². The first-order valence-electron chi connectivity index (χ1n) is 7.86. The molecule has 1 N–H and O–H groups in total. The molecule has 0 aliphatic heterocycles. The number of amides is 1. The highest BCUT2D eigenvalue weighted by molar-refractivity contribution is 5.91. The highest BCUT2D eigenvalue weighted by Crippen LogP contribution is 2.40. The summed E-state index contributed by atoms with van der Waals surface area (Å²) in [6.45, 7) is -0.419. The number of ether oxygens (including phenoxy) is 1. The topological polar surface area (TPSA) is 99.3 Å². The van der Waals surface area contributed by atoms with Crippen LogP contribution < -0.4 is 10.1 Å². The van der Waals surface area contributed by atoms with E-state index in [-0.39, 0.29) is 28.7 Å². The van der Waals surface area contributed by atoms with Crippen LogP contribution in [0.2, 0.25) is 0 Å². The molecule has 26 heavy (non-hydrogen) atoms. The molecule has 10 heteroatoms. The molecular weight excluding hydrogens is 350 g/mol. The number of benzene rings is 1. The Hall–Kier alpha value is -3.04. The second kappa shape index (κ2) is 7.06. The van der Waals surface area contributed by atoms with Crippen LogP contribution in [0.4, 0.5) is 20.2 Å². The van der Waals surface area contributed by atoms with Crippen molar-refractivity contribution >= 4 is 17.3 Å². The minimum absolute atomic E-state index is 0.134. The first-order chi connectivity index (χ1) is 12.4. The predicted molar refractivity (Wildman–Crippen MR) is 87.4 cm³/mol. The summed E-state index contributed by atoms with van der Waals surface area (Å²) < 4.78 is 32.3. The number of aromatic nitrogens is 2. The van der Waals surface area contributed by atoms with Gasteiger partial charge in [-0.3, -0.25) is 19.6 Å². The fraction of sp³-hybridized carbons (Fsp3) is 0.375. The van der Waals surface area contributed by atoms with Crippen molar-refractivity contribution in [2.24, 2.45) is 0 Å². The van der Waals surface area contributed by atoms with E-state index in [1.54, 1.807) is 0 Å². The molecule has 0 saturated heterocycles. The van der Waals surface area contributed by atoms with E-state index in [9.17, 15) is 23.7 Å². The van der Waals surface area contributed by atoms with E-state index in [2.05, 4.69) is 10.4 Å². The maximum absolute atomic E-state index is 13.2. The average Bonchev–Trinajstić information content (AvgIpc) is 3.35. The van der Waals surface area contributed by atoms with Crippen molar-refractivity contribution in [2.45, 2.75) is 31.7 Å². The van der Waals surface area contributed by atoms with E-state index >= 15 is 0 Å². The Kier molecular flexibility index (Phi) is 4.83. The molecule has 0 bridgehead atoms. The molecule has 0 atom stereocenters. The third-order valence-electron chi connectivity index (χ3n) is 3.96. The molecule has 0 radical (unpaired) electrons. The van der Waals surface area contributed by atoms with Gasteiger partial charge in [-0.05, 0) is 18.9 Å². The molecule has 1 heterocycles. The Bertz CT molecular complexity index is 849. The van der Waals surface area contributed by atoms with Crippen molar-refractivity contribution in [3.8, 4) is 5.75 Å². The van der Waals surface area contributed by atoms with Crippen molar-refractivity contribution < 1.29 is 23.2 Å². The first-order valence-corrected chi connectivity index (χ1v) is 7.86. The van der Waals surface area contributed by atoms with Gasteiger partial charge in [0.1, 0.15) is 18.0 Å². The van der Waals surface area contributed by atoms with Gasteiger partial charge in [-0.1, -0.05) is 0 Å². The number of alkyl halides is 2. The second-order valence-corrected chi connectivity index (χ2v) is 5.95. The summed E-state index contributed by atoms with van der Waals surface area (Å²) in [7, 11) is 1.34. The van der Waals surface area contributed by atoms with Gasteiger partial charge < -0.3 is 10.1 Å². The number of carbonyl (C=O) groups excluding carboxylic acids is 1. The Morgan fingerprint density at radius 3 is 2.73 bits per heavy atom. The van der Waals surface area contributed by atoms with Crippen molar-refractivity contribution in [2.75, 3.05) is 12.4 Å². The van der Waals surface area contributed by atoms with Crippen LogP contribution in [-0.2, 0) is 11.3 Å². The van der Waals surface area contributed by atoms with Gasteiger partial charge in [0.05, 0.1) is 29.5 Å². The molecule has 1 aliphatic carbocycles. The number of halogens is 2. The normalized spacial score (nSPS) is 13.7. The van der Waals surface area contributed by atoms with Crippen LogP contribution in [0.5, 0.6) is 5.75 Å². The molecule has 1 aromatic carbocycles. The smallest absolute Gasteiger partial charge is 0.280 e. The van der Waals surface area contributed by atoms with Crippen molar-refractivity contribution in [1.29, 1.82) is 0 Å². The van der Waals surface area contributed by atoms with Gasteiger partial charge in [0.25, 0.3) is 12.1 Å². The number of methoxy groups -OCH3 is 1. The maximum Gasteiger partial charge on any atom is 0.280 e. The minimum Gasteiger partial charge on any atom is -0.496 e. The van der Waals surface area contributed by atoms with E-state index in [0.717, 1.165) is 23.6 Å². The molecule has 1 saturated carbocycles. The number of nitrogens with one attached hydrogen (secondary N) is 1. The fourth-order valence-electron chi connectivity index (χ4n) is 2.55. The molecule has 1 amide bonds. The van der Waals surface area contributed by atoms with Gasteiger partial charge in [-0.2, -0.15) is 5.10 Å². The monoisotopic (exact) mass is 366 g/mol. The highest BCUT2D eigenvalue weighted by atomic mass is 19.3. The molecule has 1 aromatic heterocycles. The summed E-state index contributed by atoms with van der Waals surface area (Å²) in [5.41, 5.74) is 0.112. The second-order valence-electron chi connectivity index (χ2n) is 5.95. The van der Waals surface area contributed by atoms with Crippen molar-refractivity contribution in [3.05, 3.63) is 45.8 Å². The maximum atomic E-state index is 13.2. The molecule has 1 fully saturated rings. The summed E-state index contributed by atoms with van der Waals surface area (Å²) in [6.07, 6.45) is -0.945. The van der Waals surface area contributed by atoms with Gasteiger partial charge in [-0.25, -0.2) is 8.78 Å². The molecule has 3 rings (SSSR count). The zero-order valence-corrected chi connectivity index (χ0v) is 13.8. The van der Waals surface area contributed by atoms with Gasteiger partial charge >= 0.3 is 0 Å². The lowest BCUT2D eigenvalue weighted by Gasteiger charge is -2.09. The summed E-state index contributed by atoms with van der Waals surface area (Å²) in [5.74, 6) is -0.254. The molecule has 8 nitrogen and oxygen atoms in total. The van der Waals surface area contributed by atoms with Gasteiger partial charge in [0, 0.05) is 18.1 Å². The van der Waals surface area contributed by atoms with Gasteiger partial charge in [-0.15, -0.1) is 0 Å². The van der Waals surface area contributed by atoms with Crippen molar-refractivity contribution in [1.82, 2.24) is 9.78 Å². The van der Waals surface area contributed by atoms with E-state index in [0.29, 0.717) is 5.69 Å². The van der Waals surface area contributed by atoms with Crippen LogP contribution in [0.15, 0.2) is 24.3 Å². The molecule has 0 unspecified atom stereocenters. The Morgan fingerprint density at radius 2 is 2.15 bits per heavy atom. The lowest BCUT2D eigenvalue weighted by atomic mass is 10.2. The SMILES string of the molecule is COc1cc(NC(=O)Cn2nc(C3CC3)cc2C(F)F)cc([N+](=O)[O-])c1. The number of carbonyl (C=O) groups is 1. The molecular formula is C16H16F2N4O4. The Morgan fingerprint density at radius 1 is 1.42 bits per heavy atom. The summed E-state index contributed by atoms with van der Waals surface area (Å²) >= 11 is 0. The fourth-order valence-corrected chi connectivity index (χ4v) is 2.55. The summed E-state index contributed by atoms with van der Waals surface area (Å²) in [5, 5.41) is 17.5. The van der Waals surface area contributed by atoms with E-state index in [1.807, 2.05) is 0 Å². The number of nitro groups is 1. The molecule has 138 valence electrons. The van der Waals surface area contributed by atoms with Crippen molar-refractivity contribution in [3.63, 3.8) is 0 Å². The average molecular weight is 366 g/mol. The zero-order valence-electron chi connectivity index (χ0n) is 13.8. The van der Waals surface area contributed by atoms with E-state index < -0.39 is 23.8 Å². The lowest BCUT2D eigenvalue weighted by molar-refractivity contribution is -0.384. The molecule has 1 aliphatic rings. The standard InChI is InChI=1S/C16H16F2N4O4/c1-26-12-5-10(4-11(6-12)22(24)25)19-15(23)8-21-14(16(17)18)7-13(20-21)9-2-3-9/h4-7,9,16H,2-3,8H2,1H3,(H,19,23). The number of anilines is 1. The largest absolute Gasteiger partial charge is 0.496 e. The first kappa shape index (κ1) is 17.8. The number of nitro benzene ring substituents is 1. The van der Waals surface area contributed by atoms with Gasteiger partial charge in [0.2, 0.25) is 5.91 Å². The number of hydrogen-bond donors (Lipinski definition) is 1. The minimum atomic E-state index is -2.75. The number of rotatable bonds is 7. The van der Waals surface area contributed by atoms with Crippen LogP contribution in [0.25, 0.3) is 0 Å². The van der Waals surface area contributed by atoms with E-state index in [4.69, 9.17) is 4.74 Å². The number of hydrogen-bond acceptors (Lipinski definition) is 5. The summed E-state index contributed by atoms with van der Waals surface area (Å²) in [4.78, 5) is 22.5. The van der Waals surface area contributed by atoms with Gasteiger partial charge in [0.15, 0.2) is 0 Å². The third kappa shape index (κ3) is 3.95.